The third-order valence-corrected chi connectivity index (χ3v) is 1.82. The fourth-order valence-electron chi connectivity index (χ4n) is 0.890. The molecule has 1 aromatic carbocycles. The number of methoxy groups -OCH3 is 1. The normalized spacial score (nSPS) is 11.1. The van der Waals surface area contributed by atoms with E-state index < -0.39 is 10.1 Å². The fraction of sp³-hybridized carbons (Fsp3) is 0.111. The average Bonchev–Trinajstić information content (AvgIpc) is 2.19. The lowest BCUT2D eigenvalue weighted by molar-refractivity contribution is -0.410. The molecule has 0 aliphatic heterocycles. The van der Waals surface area contributed by atoms with Crippen LogP contribution in [0.3, 0.4) is 0 Å². The first-order valence-corrected chi connectivity index (χ1v) is 4.17. The van der Waals surface area contributed by atoms with E-state index in [4.69, 9.17) is 16.3 Å². The fourth-order valence-corrected chi connectivity index (χ4v) is 1.02. The third kappa shape index (κ3) is 2.74. The van der Waals surface area contributed by atoms with E-state index in [0.717, 1.165) is 0 Å². The summed E-state index contributed by atoms with van der Waals surface area (Å²) in [5.41, 5.74) is 0.660. The van der Waals surface area contributed by atoms with Crippen molar-refractivity contribution in [2.45, 2.75) is 0 Å². The summed E-state index contributed by atoms with van der Waals surface area (Å²) >= 11 is 5.35. The van der Waals surface area contributed by atoms with Crippen LogP contribution in [0.25, 0.3) is 6.08 Å². The number of halogens is 1. The lowest BCUT2D eigenvalue weighted by Crippen LogP contribution is -1.90. The molecule has 0 radical (unpaired) electrons. The van der Waals surface area contributed by atoms with Crippen molar-refractivity contribution < 1.29 is 9.66 Å². The molecule has 0 N–H and O–H groups in total. The van der Waals surface area contributed by atoms with Gasteiger partial charge in [-0.05, 0) is 29.3 Å². The molecule has 0 aliphatic rings. The Morgan fingerprint density at radius 3 is 2.50 bits per heavy atom. The first-order valence-electron chi connectivity index (χ1n) is 3.79. The Kier molecular flexibility index (Phi) is 3.48. The number of nitrogens with zero attached hydrogens (tertiary/aromatic N) is 1. The zero-order valence-corrected chi connectivity index (χ0v) is 8.19. The lowest BCUT2D eigenvalue weighted by atomic mass is 10.2. The number of nitro groups is 1. The Labute approximate surface area is 85.9 Å². The summed E-state index contributed by atoms with van der Waals surface area (Å²) in [7, 11) is 1.55. The summed E-state index contributed by atoms with van der Waals surface area (Å²) < 4.78 is 4.93. The van der Waals surface area contributed by atoms with Gasteiger partial charge in [-0.3, -0.25) is 10.1 Å². The minimum atomic E-state index is -0.647. The molecule has 0 amide bonds. The Hall–Kier alpha value is -1.55. The predicted octanol–water partition coefficient (Wildman–Crippen LogP) is 2.51. The van der Waals surface area contributed by atoms with Crippen molar-refractivity contribution in [3.8, 4) is 5.75 Å². The van der Waals surface area contributed by atoms with Gasteiger partial charge in [0, 0.05) is 6.08 Å². The Bertz CT molecular complexity index is 359. The maximum atomic E-state index is 10.2. The van der Waals surface area contributed by atoms with Crippen molar-refractivity contribution in [3.63, 3.8) is 0 Å². The molecule has 0 saturated carbocycles. The van der Waals surface area contributed by atoms with Crippen LogP contribution in [0.2, 0.25) is 0 Å². The van der Waals surface area contributed by atoms with E-state index in [1.54, 1.807) is 31.4 Å². The molecule has 5 heteroatoms. The second-order valence-electron chi connectivity index (χ2n) is 2.50. The third-order valence-electron chi connectivity index (χ3n) is 1.58. The maximum Gasteiger partial charge on any atom is 0.337 e. The molecule has 0 heterocycles. The molecular formula is C9H8ClNO3. The molecular weight excluding hydrogens is 206 g/mol. The van der Waals surface area contributed by atoms with Gasteiger partial charge in [-0.25, -0.2) is 0 Å². The van der Waals surface area contributed by atoms with Gasteiger partial charge in [-0.1, -0.05) is 12.1 Å². The number of rotatable bonds is 3. The van der Waals surface area contributed by atoms with Crippen molar-refractivity contribution in [3.05, 3.63) is 45.1 Å². The molecule has 0 spiro atoms. The van der Waals surface area contributed by atoms with E-state index >= 15 is 0 Å². The second kappa shape index (κ2) is 4.62. The monoisotopic (exact) mass is 213 g/mol. The van der Waals surface area contributed by atoms with Gasteiger partial charge in [0.1, 0.15) is 5.75 Å². The van der Waals surface area contributed by atoms with Gasteiger partial charge in [0.15, 0.2) is 0 Å². The summed E-state index contributed by atoms with van der Waals surface area (Å²) in [6, 6.07) is 6.78. The average molecular weight is 214 g/mol. The molecule has 14 heavy (non-hydrogen) atoms. The minimum absolute atomic E-state index is 0.407. The molecule has 0 bridgehead atoms. The summed E-state index contributed by atoms with van der Waals surface area (Å²) in [4.78, 5) is 9.56. The Balaban J connectivity index is 2.88. The molecule has 1 aromatic rings. The molecule has 0 aliphatic carbocycles. The number of benzene rings is 1. The standard InChI is InChI=1S/C9H8ClNO3/c1-14-8-4-2-7(3-5-8)6-9(10)11(12)13/h2-6H,1H3/b9-6+. The molecule has 1 rings (SSSR count). The largest absolute Gasteiger partial charge is 0.497 e. The minimum Gasteiger partial charge on any atom is -0.497 e. The first kappa shape index (κ1) is 10.5. The van der Waals surface area contributed by atoms with Crippen LogP contribution in [0.15, 0.2) is 29.4 Å². The van der Waals surface area contributed by atoms with Gasteiger partial charge >= 0.3 is 5.16 Å². The van der Waals surface area contributed by atoms with Crippen molar-refractivity contribution >= 4 is 17.7 Å². The van der Waals surface area contributed by atoms with E-state index in [1.165, 1.54) is 6.08 Å². The highest BCUT2D eigenvalue weighted by molar-refractivity contribution is 6.29. The molecule has 0 fully saturated rings. The number of ether oxygens (including phenoxy) is 1. The Morgan fingerprint density at radius 1 is 1.50 bits per heavy atom. The van der Waals surface area contributed by atoms with Crippen LogP contribution >= 0.6 is 11.6 Å². The summed E-state index contributed by atoms with van der Waals surface area (Å²) in [6.07, 6.45) is 1.28. The second-order valence-corrected chi connectivity index (χ2v) is 2.88. The molecule has 0 saturated heterocycles. The van der Waals surface area contributed by atoms with Gasteiger partial charge in [0.2, 0.25) is 0 Å². The Morgan fingerprint density at radius 2 is 2.07 bits per heavy atom. The van der Waals surface area contributed by atoms with Crippen LogP contribution < -0.4 is 4.74 Å². The van der Waals surface area contributed by atoms with Gasteiger partial charge in [0.25, 0.3) is 0 Å². The van der Waals surface area contributed by atoms with E-state index in [0.29, 0.717) is 11.3 Å². The highest BCUT2D eigenvalue weighted by atomic mass is 35.5. The van der Waals surface area contributed by atoms with Crippen LogP contribution in [0, 0.1) is 10.1 Å². The highest BCUT2D eigenvalue weighted by Gasteiger charge is 2.04. The zero-order valence-electron chi connectivity index (χ0n) is 7.44. The van der Waals surface area contributed by atoms with E-state index in [2.05, 4.69) is 0 Å². The van der Waals surface area contributed by atoms with E-state index in [9.17, 15) is 10.1 Å². The van der Waals surface area contributed by atoms with E-state index in [1.807, 2.05) is 0 Å². The summed E-state index contributed by atoms with van der Waals surface area (Å²) in [5.74, 6) is 0.694. The van der Waals surface area contributed by atoms with Crippen molar-refractivity contribution in [1.29, 1.82) is 0 Å². The van der Waals surface area contributed by atoms with Gasteiger partial charge < -0.3 is 4.74 Å². The topological polar surface area (TPSA) is 52.4 Å². The maximum absolute atomic E-state index is 10.2. The van der Waals surface area contributed by atoms with Crippen LogP contribution in [-0.2, 0) is 0 Å². The van der Waals surface area contributed by atoms with E-state index in [-0.39, 0.29) is 0 Å². The zero-order chi connectivity index (χ0) is 10.6. The van der Waals surface area contributed by atoms with Crippen LogP contribution in [0.1, 0.15) is 5.56 Å². The molecule has 74 valence electrons. The summed E-state index contributed by atoms with van der Waals surface area (Å²) in [5, 5.41) is 9.80. The SMILES string of the molecule is COc1ccc(/C=C(\Cl)[N+](=O)[O-])cc1. The lowest BCUT2D eigenvalue weighted by Gasteiger charge is -1.98. The van der Waals surface area contributed by atoms with Crippen molar-refractivity contribution in [1.82, 2.24) is 0 Å². The molecule has 4 nitrogen and oxygen atoms in total. The molecule has 0 atom stereocenters. The van der Waals surface area contributed by atoms with Crippen LogP contribution in [0.4, 0.5) is 0 Å². The smallest absolute Gasteiger partial charge is 0.337 e. The molecule has 0 unspecified atom stereocenters. The van der Waals surface area contributed by atoms with Crippen LogP contribution in [0.5, 0.6) is 5.75 Å². The van der Waals surface area contributed by atoms with Gasteiger partial charge in [-0.2, -0.15) is 0 Å². The highest BCUT2D eigenvalue weighted by Crippen LogP contribution is 2.15. The number of hydrogen-bond acceptors (Lipinski definition) is 3. The van der Waals surface area contributed by atoms with Gasteiger partial charge in [0.05, 0.1) is 12.0 Å². The van der Waals surface area contributed by atoms with Crippen LogP contribution in [-0.4, -0.2) is 12.0 Å². The number of hydrogen-bond donors (Lipinski definition) is 0. The summed E-state index contributed by atoms with van der Waals surface area (Å²) in [6.45, 7) is 0. The first-order chi connectivity index (χ1) is 6.63. The van der Waals surface area contributed by atoms with Crippen molar-refractivity contribution in [2.24, 2.45) is 0 Å². The molecule has 0 aromatic heterocycles. The predicted molar refractivity (Wildman–Crippen MR) is 53.8 cm³/mol. The van der Waals surface area contributed by atoms with Crippen molar-refractivity contribution in [2.75, 3.05) is 7.11 Å². The van der Waals surface area contributed by atoms with Gasteiger partial charge in [-0.15, -0.1) is 0 Å². The quantitative estimate of drug-likeness (QED) is 0.440.